The van der Waals surface area contributed by atoms with Crippen molar-refractivity contribution in [3.8, 4) is 0 Å². The fourth-order valence-corrected chi connectivity index (χ4v) is 2.10. The van der Waals surface area contributed by atoms with Crippen LogP contribution in [0, 0.1) is 13.8 Å². The molecule has 1 rings (SSSR count). The molecule has 0 fully saturated rings. The Balaban J connectivity index is 2.42. The Morgan fingerprint density at radius 1 is 1.21 bits per heavy atom. The summed E-state index contributed by atoms with van der Waals surface area (Å²) in [7, 11) is 1.69. The minimum Gasteiger partial charge on any atom is -0.390 e. The van der Waals surface area contributed by atoms with Crippen LogP contribution in [-0.4, -0.2) is 37.5 Å². The summed E-state index contributed by atoms with van der Waals surface area (Å²) < 4.78 is 4.97. The van der Waals surface area contributed by atoms with Crippen LogP contribution < -0.4 is 5.32 Å². The number of nitrogens with one attached hydrogen (secondary N) is 1. The van der Waals surface area contributed by atoms with E-state index in [0.717, 1.165) is 19.5 Å². The van der Waals surface area contributed by atoms with Crippen molar-refractivity contribution in [2.75, 3.05) is 26.8 Å². The van der Waals surface area contributed by atoms with Crippen molar-refractivity contribution < 1.29 is 9.84 Å². The third-order valence-corrected chi connectivity index (χ3v) is 3.48. The van der Waals surface area contributed by atoms with Crippen molar-refractivity contribution in [3.05, 3.63) is 34.9 Å². The van der Waals surface area contributed by atoms with Crippen LogP contribution in [0.4, 0.5) is 0 Å². The van der Waals surface area contributed by atoms with Crippen LogP contribution in [0.25, 0.3) is 0 Å². The van der Waals surface area contributed by atoms with E-state index >= 15 is 0 Å². The molecule has 0 aromatic heterocycles. The first kappa shape index (κ1) is 16.2. The van der Waals surface area contributed by atoms with Gasteiger partial charge in [-0.1, -0.05) is 18.2 Å². The van der Waals surface area contributed by atoms with Crippen molar-refractivity contribution in [2.45, 2.75) is 39.2 Å². The number of aliphatic hydroxyl groups is 1. The van der Waals surface area contributed by atoms with E-state index in [1.54, 1.807) is 7.11 Å². The normalized spacial score (nSPS) is 14.4. The molecule has 0 saturated heterocycles. The molecule has 1 aromatic rings. The molecular weight excluding hydrogens is 238 g/mol. The molecule has 0 heterocycles. The summed E-state index contributed by atoms with van der Waals surface area (Å²) in [5.74, 6) is 0. The predicted octanol–water partition coefficient (Wildman–Crippen LogP) is 2.22. The van der Waals surface area contributed by atoms with Crippen LogP contribution in [0.1, 0.15) is 30.0 Å². The van der Waals surface area contributed by atoms with Crippen LogP contribution in [0.3, 0.4) is 0 Å². The van der Waals surface area contributed by atoms with E-state index in [1.165, 1.54) is 16.7 Å². The number of ether oxygens (including phenoxy) is 1. The lowest BCUT2D eigenvalue weighted by atomic mass is 9.92. The molecule has 1 atom stereocenters. The van der Waals surface area contributed by atoms with Gasteiger partial charge in [-0.25, -0.2) is 0 Å². The van der Waals surface area contributed by atoms with Crippen LogP contribution in [0.5, 0.6) is 0 Å². The minimum absolute atomic E-state index is 0.665. The zero-order chi connectivity index (χ0) is 14.3. The molecule has 0 aliphatic heterocycles. The molecular formula is C16H27NO2. The monoisotopic (exact) mass is 265 g/mol. The van der Waals surface area contributed by atoms with Crippen LogP contribution >= 0.6 is 0 Å². The highest BCUT2D eigenvalue weighted by Crippen LogP contribution is 2.18. The molecule has 0 aliphatic carbocycles. The Bertz CT molecular complexity index is 388. The van der Waals surface area contributed by atoms with Gasteiger partial charge in [-0.15, -0.1) is 0 Å². The maximum absolute atomic E-state index is 10.4. The lowest BCUT2D eigenvalue weighted by Crippen LogP contribution is -2.33. The lowest BCUT2D eigenvalue weighted by Gasteiger charge is -2.24. The van der Waals surface area contributed by atoms with Gasteiger partial charge in [0.05, 0.1) is 12.2 Å². The van der Waals surface area contributed by atoms with Gasteiger partial charge in [-0.05, 0) is 50.4 Å². The van der Waals surface area contributed by atoms with Crippen molar-refractivity contribution in [1.29, 1.82) is 0 Å². The highest BCUT2D eigenvalue weighted by molar-refractivity contribution is 5.30. The number of aryl methyl sites for hydroxylation is 2. The fourth-order valence-electron chi connectivity index (χ4n) is 2.10. The van der Waals surface area contributed by atoms with E-state index in [9.17, 15) is 5.11 Å². The van der Waals surface area contributed by atoms with E-state index < -0.39 is 5.60 Å². The smallest absolute Gasteiger partial charge is 0.0672 e. The predicted molar refractivity (Wildman–Crippen MR) is 79.6 cm³/mol. The van der Waals surface area contributed by atoms with E-state index in [1.807, 2.05) is 6.92 Å². The molecule has 3 nitrogen and oxygen atoms in total. The van der Waals surface area contributed by atoms with E-state index in [2.05, 4.69) is 37.4 Å². The molecule has 2 N–H and O–H groups in total. The maximum atomic E-state index is 10.4. The SMILES string of the molecule is COCCNCCC(C)(O)Cc1ccc(C)c(C)c1. The van der Waals surface area contributed by atoms with Crippen LogP contribution in [0.15, 0.2) is 18.2 Å². The summed E-state index contributed by atoms with van der Waals surface area (Å²) >= 11 is 0. The van der Waals surface area contributed by atoms with E-state index in [-0.39, 0.29) is 0 Å². The zero-order valence-corrected chi connectivity index (χ0v) is 12.6. The second-order valence-corrected chi connectivity index (χ2v) is 5.59. The van der Waals surface area contributed by atoms with E-state index in [4.69, 9.17) is 4.74 Å². The Kier molecular flexibility index (Phi) is 6.49. The van der Waals surface area contributed by atoms with Gasteiger partial charge in [0.25, 0.3) is 0 Å². The summed E-state index contributed by atoms with van der Waals surface area (Å²) in [4.78, 5) is 0. The van der Waals surface area contributed by atoms with Gasteiger partial charge >= 0.3 is 0 Å². The van der Waals surface area contributed by atoms with Gasteiger partial charge in [0.15, 0.2) is 0 Å². The third kappa shape index (κ3) is 6.19. The molecule has 3 heteroatoms. The molecule has 0 amide bonds. The van der Waals surface area contributed by atoms with Gasteiger partial charge in [-0.2, -0.15) is 0 Å². The molecule has 1 aromatic carbocycles. The molecule has 0 radical (unpaired) electrons. The zero-order valence-electron chi connectivity index (χ0n) is 12.6. The summed E-state index contributed by atoms with van der Waals surface area (Å²) in [5, 5.41) is 13.7. The van der Waals surface area contributed by atoms with E-state index in [0.29, 0.717) is 13.0 Å². The average Bonchev–Trinajstić information content (AvgIpc) is 2.33. The highest BCUT2D eigenvalue weighted by Gasteiger charge is 2.20. The fraction of sp³-hybridized carbons (Fsp3) is 0.625. The number of hydrogen-bond donors (Lipinski definition) is 2. The number of benzene rings is 1. The summed E-state index contributed by atoms with van der Waals surface area (Å²) in [6, 6.07) is 6.40. The first-order valence-electron chi connectivity index (χ1n) is 6.93. The molecule has 0 bridgehead atoms. The number of rotatable bonds is 8. The largest absolute Gasteiger partial charge is 0.390 e. The quantitative estimate of drug-likeness (QED) is 0.708. The van der Waals surface area contributed by atoms with Gasteiger partial charge in [0.2, 0.25) is 0 Å². The molecule has 0 saturated carbocycles. The first-order valence-corrected chi connectivity index (χ1v) is 6.93. The maximum Gasteiger partial charge on any atom is 0.0672 e. The summed E-state index contributed by atoms with van der Waals surface area (Å²) in [6.07, 6.45) is 1.43. The van der Waals surface area contributed by atoms with Crippen LogP contribution in [-0.2, 0) is 11.2 Å². The van der Waals surface area contributed by atoms with Crippen molar-refractivity contribution in [1.82, 2.24) is 5.32 Å². The Hall–Kier alpha value is -0.900. The standard InChI is InChI=1S/C16H27NO2/c1-13-5-6-15(11-14(13)2)12-16(3,18)7-8-17-9-10-19-4/h5-6,11,17-18H,7-10,12H2,1-4H3. The first-order chi connectivity index (χ1) is 8.94. The molecule has 108 valence electrons. The Morgan fingerprint density at radius 2 is 1.95 bits per heavy atom. The molecule has 0 aliphatic rings. The third-order valence-electron chi connectivity index (χ3n) is 3.48. The van der Waals surface area contributed by atoms with Gasteiger partial charge in [-0.3, -0.25) is 0 Å². The van der Waals surface area contributed by atoms with Gasteiger partial charge in [0, 0.05) is 20.1 Å². The highest BCUT2D eigenvalue weighted by atomic mass is 16.5. The number of methoxy groups -OCH3 is 1. The molecule has 1 unspecified atom stereocenters. The minimum atomic E-state index is -0.665. The van der Waals surface area contributed by atoms with Gasteiger partial charge in [0.1, 0.15) is 0 Å². The second kappa shape index (κ2) is 7.63. The number of hydrogen-bond acceptors (Lipinski definition) is 3. The van der Waals surface area contributed by atoms with Crippen molar-refractivity contribution >= 4 is 0 Å². The van der Waals surface area contributed by atoms with Gasteiger partial charge < -0.3 is 15.2 Å². The Labute approximate surface area is 117 Å². The van der Waals surface area contributed by atoms with Crippen molar-refractivity contribution in [3.63, 3.8) is 0 Å². The molecule has 19 heavy (non-hydrogen) atoms. The van der Waals surface area contributed by atoms with Crippen molar-refractivity contribution in [2.24, 2.45) is 0 Å². The topological polar surface area (TPSA) is 41.5 Å². The average molecular weight is 265 g/mol. The summed E-state index contributed by atoms with van der Waals surface area (Å²) in [5.41, 5.74) is 3.11. The second-order valence-electron chi connectivity index (χ2n) is 5.59. The Morgan fingerprint density at radius 3 is 2.58 bits per heavy atom. The van der Waals surface area contributed by atoms with Crippen LogP contribution in [0.2, 0.25) is 0 Å². The lowest BCUT2D eigenvalue weighted by molar-refractivity contribution is 0.0510. The summed E-state index contributed by atoms with van der Waals surface area (Å²) in [6.45, 7) is 8.47. The molecule has 0 spiro atoms.